The number of ether oxygens (including phenoxy) is 2. The van der Waals surface area contributed by atoms with E-state index in [1.807, 2.05) is 44.2 Å². The van der Waals surface area contributed by atoms with Gasteiger partial charge in [0.25, 0.3) is 0 Å². The van der Waals surface area contributed by atoms with E-state index in [1.165, 1.54) is 11.0 Å². The standard InChI is InChI=1S/C36H51N3O7/c1-11-20-39(32(42)27(21-23(2)3)38-34(44)46-36(8,9)10)29(26-19-15-16-24(4)30(26)40)31(41)37-28(33(43)45-35(5,6)7)22-25-17-13-12-14-18-25/h11-19,23,27-29,40H,1,20-22H2,2-10H3,(H,37,41)(H,38,44). The molecule has 0 fully saturated rings. The molecule has 3 atom stereocenters. The number of aromatic hydroxyl groups is 1. The number of hydrogen-bond donors (Lipinski definition) is 3. The van der Waals surface area contributed by atoms with E-state index in [-0.39, 0.29) is 36.6 Å². The Hall–Kier alpha value is -4.34. The van der Waals surface area contributed by atoms with Gasteiger partial charge in [0.05, 0.1) is 0 Å². The number of phenolic OH excluding ortho intramolecular Hbond substituents is 1. The van der Waals surface area contributed by atoms with Crippen molar-refractivity contribution in [2.75, 3.05) is 6.54 Å². The highest BCUT2D eigenvalue weighted by Gasteiger charge is 2.39. The molecule has 2 aromatic rings. The lowest BCUT2D eigenvalue weighted by molar-refractivity contribution is -0.159. The summed E-state index contributed by atoms with van der Waals surface area (Å²) >= 11 is 0. The zero-order chi connectivity index (χ0) is 34.8. The number of rotatable bonds is 13. The van der Waals surface area contributed by atoms with Gasteiger partial charge in [0, 0.05) is 18.5 Å². The summed E-state index contributed by atoms with van der Waals surface area (Å²) in [4.78, 5) is 56.2. The van der Waals surface area contributed by atoms with Gasteiger partial charge in [0.2, 0.25) is 11.8 Å². The van der Waals surface area contributed by atoms with Crippen LogP contribution in [0.3, 0.4) is 0 Å². The van der Waals surface area contributed by atoms with Crippen LogP contribution in [0, 0.1) is 12.8 Å². The minimum atomic E-state index is -1.40. The van der Waals surface area contributed by atoms with Crippen LogP contribution in [0.5, 0.6) is 5.75 Å². The van der Waals surface area contributed by atoms with E-state index in [0.29, 0.717) is 5.56 Å². The van der Waals surface area contributed by atoms with Gasteiger partial charge in [0.1, 0.15) is 35.1 Å². The zero-order valence-corrected chi connectivity index (χ0v) is 28.7. The third kappa shape index (κ3) is 11.9. The number of alkyl carbamates (subject to hydrolysis) is 1. The van der Waals surface area contributed by atoms with Gasteiger partial charge in [0.15, 0.2) is 0 Å². The average Bonchev–Trinajstić information content (AvgIpc) is 2.92. The van der Waals surface area contributed by atoms with Crippen LogP contribution in [-0.2, 0) is 30.3 Å². The summed E-state index contributed by atoms with van der Waals surface area (Å²) < 4.78 is 11.1. The SMILES string of the molecule is C=CCN(C(=O)C(CC(C)C)NC(=O)OC(C)(C)C)C(C(=O)NC(Cc1ccccc1)C(=O)OC(C)(C)C)c1cccc(C)c1O. The number of para-hydroxylation sites is 1. The molecule has 2 rings (SSSR count). The molecule has 10 nitrogen and oxygen atoms in total. The lowest BCUT2D eigenvalue weighted by atomic mass is 9.96. The Morgan fingerprint density at radius 1 is 0.891 bits per heavy atom. The first-order valence-electron chi connectivity index (χ1n) is 15.6. The molecule has 0 spiro atoms. The van der Waals surface area contributed by atoms with E-state index in [1.54, 1.807) is 66.7 Å². The van der Waals surface area contributed by atoms with Crippen molar-refractivity contribution in [1.29, 1.82) is 0 Å². The molecule has 0 saturated heterocycles. The Kier molecular flexibility index (Phi) is 13.4. The van der Waals surface area contributed by atoms with Gasteiger partial charge in [-0.15, -0.1) is 6.58 Å². The fourth-order valence-electron chi connectivity index (χ4n) is 4.82. The maximum absolute atomic E-state index is 14.4. The summed E-state index contributed by atoms with van der Waals surface area (Å²) in [7, 11) is 0. The quantitative estimate of drug-likeness (QED) is 0.188. The molecule has 252 valence electrons. The molecule has 10 heteroatoms. The minimum Gasteiger partial charge on any atom is -0.507 e. The Bertz CT molecular complexity index is 1360. The Labute approximate surface area is 273 Å². The molecule has 0 aromatic heterocycles. The van der Waals surface area contributed by atoms with Crippen molar-refractivity contribution in [3.05, 3.63) is 77.9 Å². The molecule has 3 unspecified atom stereocenters. The van der Waals surface area contributed by atoms with Crippen molar-refractivity contribution < 1.29 is 33.8 Å². The number of esters is 1. The molecule has 0 aliphatic carbocycles. The molecule has 0 aliphatic heterocycles. The number of phenols is 1. The number of benzene rings is 2. The van der Waals surface area contributed by atoms with Crippen LogP contribution in [0.4, 0.5) is 4.79 Å². The predicted molar refractivity (Wildman–Crippen MR) is 178 cm³/mol. The van der Waals surface area contributed by atoms with Gasteiger partial charge in [-0.3, -0.25) is 9.59 Å². The smallest absolute Gasteiger partial charge is 0.408 e. The lowest BCUT2D eigenvalue weighted by Gasteiger charge is -2.35. The van der Waals surface area contributed by atoms with Gasteiger partial charge in [-0.2, -0.15) is 0 Å². The Balaban J connectivity index is 2.64. The third-order valence-electron chi connectivity index (χ3n) is 6.72. The molecular weight excluding hydrogens is 586 g/mol. The molecule has 0 aliphatic rings. The zero-order valence-electron chi connectivity index (χ0n) is 28.7. The fraction of sp³-hybridized carbons (Fsp3) is 0.500. The molecular formula is C36H51N3O7. The molecule has 46 heavy (non-hydrogen) atoms. The highest BCUT2D eigenvalue weighted by Crippen LogP contribution is 2.33. The second-order valence-electron chi connectivity index (χ2n) is 13.8. The molecule has 3 N–H and O–H groups in total. The van der Waals surface area contributed by atoms with E-state index in [0.717, 1.165) is 5.56 Å². The number of carbonyl (C=O) groups is 4. The first-order valence-corrected chi connectivity index (χ1v) is 15.6. The van der Waals surface area contributed by atoms with E-state index >= 15 is 0 Å². The molecule has 0 saturated carbocycles. The van der Waals surface area contributed by atoms with Crippen LogP contribution >= 0.6 is 0 Å². The normalized spacial score (nSPS) is 13.6. The molecule has 3 amide bonds. The van der Waals surface area contributed by atoms with Gasteiger partial charge >= 0.3 is 12.1 Å². The maximum atomic E-state index is 14.4. The van der Waals surface area contributed by atoms with Gasteiger partial charge in [-0.05, 0) is 71.9 Å². The highest BCUT2D eigenvalue weighted by molar-refractivity contribution is 5.94. The summed E-state index contributed by atoms with van der Waals surface area (Å²) in [6, 6.07) is 10.5. The number of nitrogens with one attached hydrogen (secondary N) is 2. The second-order valence-corrected chi connectivity index (χ2v) is 13.8. The molecule has 2 aromatic carbocycles. The topological polar surface area (TPSA) is 134 Å². The van der Waals surface area contributed by atoms with Crippen LogP contribution in [0.1, 0.15) is 84.5 Å². The van der Waals surface area contributed by atoms with Gasteiger partial charge in [-0.1, -0.05) is 68.5 Å². The fourth-order valence-corrected chi connectivity index (χ4v) is 4.82. The first kappa shape index (κ1) is 37.8. The van der Waals surface area contributed by atoms with E-state index in [4.69, 9.17) is 9.47 Å². The average molecular weight is 638 g/mol. The Morgan fingerprint density at radius 2 is 1.50 bits per heavy atom. The largest absolute Gasteiger partial charge is 0.507 e. The monoisotopic (exact) mass is 637 g/mol. The van der Waals surface area contributed by atoms with Crippen molar-refractivity contribution in [3.8, 4) is 5.75 Å². The highest BCUT2D eigenvalue weighted by atomic mass is 16.6. The number of carbonyl (C=O) groups excluding carboxylic acids is 4. The number of amides is 3. The summed E-state index contributed by atoms with van der Waals surface area (Å²) in [5.74, 6) is -2.15. The van der Waals surface area contributed by atoms with Gasteiger partial charge in [-0.25, -0.2) is 9.59 Å². The molecule has 0 heterocycles. The van der Waals surface area contributed by atoms with Crippen LogP contribution in [0.2, 0.25) is 0 Å². The van der Waals surface area contributed by atoms with E-state index in [2.05, 4.69) is 17.2 Å². The number of aryl methyl sites for hydroxylation is 1. The summed E-state index contributed by atoms with van der Waals surface area (Å²) in [6.07, 6.45) is 1.05. The summed E-state index contributed by atoms with van der Waals surface area (Å²) in [5.41, 5.74) is -0.212. The van der Waals surface area contributed by atoms with Gasteiger partial charge < -0.3 is 30.1 Å². The van der Waals surface area contributed by atoms with Crippen LogP contribution < -0.4 is 10.6 Å². The van der Waals surface area contributed by atoms with Crippen molar-refractivity contribution in [3.63, 3.8) is 0 Å². The second kappa shape index (κ2) is 16.3. The predicted octanol–water partition coefficient (Wildman–Crippen LogP) is 5.76. The molecule has 0 radical (unpaired) electrons. The lowest BCUT2D eigenvalue weighted by Crippen LogP contribution is -2.55. The maximum Gasteiger partial charge on any atom is 0.408 e. The summed E-state index contributed by atoms with van der Waals surface area (Å²) in [6.45, 7) is 19.5. The van der Waals surface area contributed by atoms with Crippen LogP contribution in [0.25, 0.3) is 0 Å². The van der Waals surface area contributed by atoms with Crippen molar-refractivity contribution in [1.82, 2.24) is 15.5 Å². The molecule has 0 bridgehead atoms. The number of nitrogens with zero attached hydrogens (tertiary/aromatic N) is 1. The number of hydrogen-bond acceptors (Lipinski definition) is 7. The first-order chi connectivity index (χ1) is 21.3. The van der Waals surface area contributed by atoms with Crippen molar-refractivity contribution in [2.24, 2.45) is 5.92 Å². The van der Waals surface area contributed by atoms with E-state index in [9.17, 15) is 24.3 Å². The van der Waals surface area contributed by atoms with Crippen LogP contribution in [0.15, 0.2) is 61.2 Å². The summed E-state index contributed by atoms with van der Waals surface area (Å²) in [5, 5.41) is 16.7. The van der Waals surface area contributed by atoms with Crippen molar-refractivity contribution in [2.45, 2.75) is 104 Å². The third-order valence-corrected chi connectivity index (χ3v) is 6.72. The Morgan fingerprint density at radius 3 is 2.04 bits per heavy atom. The minimum absolute atomic E-state index is 0.0171. The van der Waals surface area contributed by atoms with Crippen LogP contribution in [-0.4, -0.2) is 63.7 Å². The van der Waals surface area contributed by atoms with E-state index < -0.39 is 53.2 Å². The van der Waals surface area contributed by atoms with Crippen molar-refractivity contribution >= 4 is 23.9 Å².